The Morgan fingerprint density at radius 2 is 2.14 bits per heavy atom. The van der Waals surface area contributed by atoms with Gasteiger partial charge in [-0.2, -0.15) is 0 Å². The second-order valence-electron chi connectivity index (χ2n) is 5.21. The molecule has 0 amide bonds. The smallest absolute Gasteiger partial charge is 0.216 e. The van der Waals surface area contributed by atoms with Crippen LogP contribution in [0.25, 0.3) is 0 Å². The third-order valence-corrected chi connectivity index (χ3v) is 5.43. The molecular weight excluding hydrogens is 290 g/mol. The molecule has 1 aliphatic heterocycles. The second kappa shape index (κ2) is 7.24. The summed E-state index contributed by atoms with van der Waals surface area (Å²) < 4.78 is 37.1. The number of nitrogens with zero attached hydrogens (tertiary/aromatic N) is 1. The van der Waals surface area contributed by atoms with Crippen LogP contribution >= 0.6 is 0 Å². The van der Waals surface area contributed by atoms with Crippen molar-refractivity contribution in [3.8, 4) is 5.75 Å². The number of hydrogen-bond acceptors (Lipinski definition) is 4. The van der Waals surface area contributed by atoms with E-state index < -0.39 is 10.0 Å². The first kappa shape index (κ1) is 16.3. The van der Waals surface area contributed by atoms with E-state index >= 15 is 0 Å². The highest BCUT2D eigenvalue weighted by Crippen LogP contribution is 2.22. The van der Waals surface area contributed by atoms with Crippen LogP contribution in [0.3, 0.4) is 0 Å². The van der Waals surface area contributed by atoms with Gasteiger partial charge in [-0.15, -0.1) is 0 Å². The summed E-state index contributed by atoms with van der Waals surface area (Å²) in [6, 6.07) is 7.52. The molecule has 0 bridgehead atoms. The minimum atomic E-state index is -3.32. The van der Waals surface area contributed by atoms with Crippen molar-refractivity contribution in [1.82, 2.24) is 4.31 Å². The molecule has 5 nitrogen and oxygen atoms in total. The third kappa shape index (κ3) is 4.43. The lowest BCUT2D eigenvalue weighted by atomic mass is 10.2. The zero-order chi connectivity index (χ0) is 15.3. The van der Waals surface area contributed by atoms with Crippen LogP contribution in [0.15, 0.2) is 24.3 Å². The predicted octanol–water partition coefficient (Wildman–Crippen LogP) is 2.03. The van der Waals surface area contributed by atoms with Crippen LogP contribution in [0.1, 0.15) is 25.3 Å². The van der Waals surface area contributed by atoms with Crippen LogP contribution in [0.5, 0.6) is 5.75 Å². The van der Waals surface area contributed by atoms with Gasteiger partial charge in [-0.3, -0.25) is 0 Å². The van der Waals surface area contributed by atoms with E-state index in [0.717, 1.165) is 24.2 Å². The lowest BCUT2D eigenvalue weighted by molar-refractivity contribution is 0.126. The van der Waals surface area contributed by atoms with Crippen molar-refractivity contribution in [1.29, 1.82) is 0 Å². The summed E-state index contributed by atoms with van der Waals surface area (Å²) in [5.41, 5.74) is 0.873. The summed E-state index contributed by atoms with van der Waals surface area (Å²) in [5, 5.41) is 0. The fourth-order valence-electron chi connectivity index (χ4n) is 2.41. The van der Waals surface area contributed by atoms with Crippen molar-refractivity contribution in [2.24, 2.45) is 0 Å². The zero-order valence-electron chi connectivity index (χ0n) is 12.6. The molecule has 1 aliphatic rings. The minimum absolute atomic E-state index is 0.0559. The van der Waals surface area contributed by atoms with Crippen LogP contribution in [-0.2, 0) is 21.3 Å². The number of sulfonamides is 1. The van der Waals surface area contributed by atoms with Gasteiger partial charge in [0, 0.05) is 25.8 Å². The van der Waals surface area contributed by atoms with Gasteiger partial charge >= 0.3 is 0 Å². The van der Waals surface area contributed by atoms with Crippen LogP contribution in [-0.4, -0.2) is 44.8 Å². The number of rotatable bonds is 7. The maximum absolute atomic E-state index is 12.4. The Hall–Kier alpha value is -1.11. The lowest BCUT2D eigenvalue weighted by Crippen LogP contribution is -2.33. The molecule has 1 saturated heterocycles. The summed E-state index contributed by atoms with van der Waals surface area (Å²) in [7, 11) is -1.72. The first-order valence-electron chi connectivity index (χ1n) is 7.29. The van der Waals surface area contributed by atoms with E-state index in [1.54, 1.807) is 7.05 Å². The zero-order valence-corrected chi connectivity index (χ0v) is 13.4. The largest absolute Gasteiger partial charge is 0.494 e. The maximum atomic E-state index is 12.4. The molecule has 118 valence electrons. The van der Waals surface area contributed by atoms with Gasteiger partial charge < -0.3 is 9.47 Å². The first-order valence-corrected chi connectivity index (χ1v) is 8.90. The van der Waals surface area contributed by atoms with Crippen molar-refractivity contribution < 1.29 is 17.9 Å². The molecule has 1 aromatic carbocycles. The van der Waals surface area contributed by atoms with Crippen molar-refractivity contribution in [3.63, 3.8) is 0 Å². The van der Waals surface area contributed by atoms with Gasteiger partial charge in [0.2, 0.25) is 10.0 Å². The molecule has 1 atom stereocenters. The molecule has 0 N–H and O–H groups in total. The number of hydrogen-bond donors (Lipinski definition) is 0. The topological polar surface area (TPSA) is 55.8 Å². The summed E-state index contributed by atoms with van der Waals surface area (Å²) in [6.07, 6.45) is 1.60. The molecule has 1 unspecified atom stereocenters. The van der Waals surface area contributed by atoms with Gasteiger partial charge in [0.15, 0.2) is 0 Å². The summed E-state index contributed by atoms with van der Waals surface area (Å²) in [6.45, 7) is 3.44. The van der Waals surface area contributed by atoms with E-state index in [1.807, 2.05) is 31.2 Å². The highest BCUT2D eigenvalue weighted by Gasteiger charge is 2.27. The fourth-order valence-corrected chi connectivity index (χ4v) is 3.73. The molecule has 1 heterocycles. The van der Waals surface area contributed by atoms with Gasteiger partial charge in [-0.25, -0.2) is 12.7 Å². The Morgan fingerprint density at radius 3 is 2.81 bits per heavy atom. The van der Waals surface area contributed by atoms with E-state index in [1.165, 1.54) is 4.31 Å². The maximum Gasteiger partial charge on any atom is 0.216 e. The monoisotopic (exact) mass is 313 g/mol. The molecule has 0 spiro atoms. The average Bonchev–Trinajstić information content (AvgIpc) is 2.93. The van der Waals surface area contributed by atoms with E-state index in [9.17, 15) is 8.42 Å². The Balaban J connectivity index is 2.04. The normalized spacial score (nSPS) is 19.1. The van der Waals surface area contributed by atoms with Gasteiger partial charge in [-0.1, -0.05) is 18.2 Å². The van der Waals surface area contributed by atoms with Gasteiger partial charge in [-0.05, 0) is 25.8 Å². The quantitative estimate of drug-likeness (QED) is 0.773. The van der Waals surface area contributed by atoms with E-state index in [-0.39, 0.29) is 11.9 Å². The first-order chi connectivity index (χ1) is 10.0. The summed E-state index contributed by atoms with van der Waals surface area (Å²) >= 11 is 0. The lowest BCUT2D eigenvalue weighted by Gasteiger charge is -2.20. The molecule has 2 rings (SSSR count). The van der Waals surface area contributed by atoms with Crippen LogP contribution < -0.4 is 4.74 Å². The Morgan fingerprint density at radius 1 is 1.38 bits per heavy atom. The Labute approximate surface area is 126 Å². The molecule has 21 heavy (non-hydrogen) atoms. The number of benzene rings is 1. The minimum Gasteiger partial charge on any atom is -0.494 e. The predicted molar refractivity (Wildman–Crippen MR) is 81.8 cm³/mol. The summed E-state index contributed by atoms with van der Waals surface area (Å²) in [5.74, 6) is 0.791. The highest BCUT2D eigenvalue weighted by molar-refractivity contribution is 7.89. The molecule has 0 saturated carbocycles. The average molecular weight is 313 g/mol. The molecular formula is C15H23NO4S. The summed E-state index contributed by atoms with van der Waals surface area (Å²) in [4.78, 5) is 0. The molecule has 1 fully saturated rings. The van der Waals surface area contributed by atoms with E-state index in [2.05, 4.69) is 0 Å². The van der Waals surface area contributed by atoms with Crippen molar-refractivity contribution >= 4 is 10.0 Å². The van der Waals surface area contributed by atoms with Crippen molar-refractivity contribution in [2.75, 3.05) is 26.0 Å². The van der Waals surface area contributed by atoms with Crippen LogP contribution in [0.2, 0.25) is 0 Å². The molecule has 0 aliphatic carbocycles. The van der Waals surface area contributed by atoms with E-state index in [4.69, 9.17) is 9.47 Å². The molecule has 1 aromatic rings. The van der Waals surface area contributed by atoms with Crippen LogP contribution in [0.4, 0.5) is 0 Å². The van der Waals surface area contributed by atoms with Gasteiger partial charge in [0.1, 0.15) is 5.75 Å². The van der Waals surface area contributed by atoms with Gasteiger partial charge in [0.25, 0.3) is 0 Å². The standard InChI is InChI=1S/C15H23NO4S/c1-3-19-15-9-5-4-7-13(15)11-16(2)21(17,18)12-14-8-6-10-20-14/h4-5,7,9,14H,3,6,8,10-12H2,1-2H3. The fraction of sp³-hybridized carbons (Fsp3) is 0.600. The van der Waals surface area contributed by atoms with E-state index in [0.29, 0.717) is 19.8 Å². The van der Waals surface area contributed by atoms with Crippen molar-refractivity contribution in [3.05, 3.63) is 29.8 Å². The van der Waals surface area contributed by atoms with Gasteiger partial charge in [0.05, 0.1) is 18.5 Å². The SMILES string of the molecule is CCOc1ccccc1CN(C)S(=O)(=O)CC1CCCO1. The Bertz CT molecular complexity index is 553. The van der Waals surface area contributed by atoms with Crippen molar-refractivity contribution in [2.45, 2.75) is 32.4 Å². The van der Waals surface area contributed by atoms with Crippen LogP contribution in [0, 0.1) is 0 Å². The Kier molecular flexibility index (Phi) is 5.61. The molecule has 0 aromatic heterocycles. The molecule has 0 radical (unpaired) electrons. The number of para-hydroxylation sites is 1. The highest BCUT2D eigenvalue weighted by atomic mass is 32.2. The number of ether oxygens (including phenoxy) is 2. The molecule has 6 heteroatoms. The third-order valence-electron chi connectivity index (χ3n) is 3.56. The second-order valence-corrected chi connectivity index (χ2v) is 7.33.